The van der Waals surface area contributed by atoms with E-state index < -0.39 is 0 Å². The molecule has 0 aromatic heterocycles. The Bertz CT molecular complexity index is 1060. The number of amides is 2. The van der Waals surface area contributed by atoms with E-state index in [9.17, 15) is 9.59 Å². The number of anilines is 1. The summed E-state index contributed by atoms with van der Waals surface area (Å²) in [6, 6.07) is 13.3. The van der Waals surface area contributed by atoms with Crippen molar-refractivity contribution in [1.82, 2.24) is 4.90 Å². The molecule has 32 heavy (non-hydrogen) atoms. The maximum absolute atomic E-state index is 13.8. The van der Waals surface area contributed by atoms with Crippen LogP contribution in [-0.2, 0) is 9.59 Å². The van der Waals surface area contributed by atoms with E-state index in [-0.39, 0.29) is 11.8 Å². The number of rotatable bonds is 6. The highest BCUT2D eigenvalue weighted by Crippen LogP contribution is 2.39. The molecule has 0 unspecified atom stereocenters. The van der Waals surface area contributed by atoms with Crippen molar-refractivity contribution in [1.29, 1.82) is 0 Å². The summed E-state index contributed by atoms with van der Waals surface area (Å²) >= 11 is 0. The molecule has 2 aliphatic heterocycles. The molecule has 2 aromatic carbocycles. The molecule has 4 rings (SSSR count). The lowest BCUT2D eigenvalue weighted by molar-refractivity contribution is -0.120. The van der Waals surface area contributed by atoms with Gasteiger partial charge in [-0.15, -0.1) is 0 Å². The molecule has 0 saturated carbocycles. The minimum atomic E-state index is -0.278. The van der Waals surface area contributed by atoms with Crippen LogP contribution in [-0.4, -0.2) is 36.4 Å². The number of carbonyl (C=O) groups is 2. The predicted octanol–water partition coefficient (Wildman–Crippen LogP) is 5.11. The van der Waals surface area contributed by atoms with Crippen molar-refractivity contribution in [3.63, 3.8) is 0 Å². The SMILES string of the molecule is CCCOc1ccccc1N1C(=O)C(c2ccc(C)c(C)c2)=C(N2CCC(C)CC2)C1=O. The predicted molar refractivity (Wildman–Crippen MR) is 128 cm³/mol. The van der Waals surface area contributed by atoms with E-state index in [1.807, 2.05) is 50.2 Å². The first-order valence-electron chi connectivity index (χ1n) is 11.6. The summed E-state index contributed by atoms with van der Waals surface area (Å²) in [5.74, 6) is 0.650. The van der Waals surface area contributed by atoms with Crippen LogP contribution >= 0.6 is 0 Å². The van der Waals surface area contributed by atoms with Crippen LogP contribution < -0.4 is 9.64 Å². The first kappa shape index (κ1) is 22.1. The minimum Gasteiger partial charge on any atom is -0.491 e. The summed E-state index contributed by atoms with van der Waals surface area (Å²) in [5, 5.41) is 0. The average molecular weight is 433 g/mol. The Morgan fingerprint density at radius 2 is 1.69 bits per heavy atom. The first-order chi connectivity index (χ1) is 15.4. The van der Waals surface area contributed by atoms with Gasteiger partial charge in [-0.05, 0) is 67.9 Å². The molecule has 0 atom stereocenters. The number of imide groups is 1. The Labute approximate surface area is 190 Å². The topological polar surface area (TPSA) is 49.9 Å². The summed E-state index contributed by atoms with van der Waals surface area (Å²) in [6.45, 7) is 10.5. The van der Waals surface area contributed by atoms with Gasteiger partial charge in [-0.25, -0.2) is 4.90 Å². The Kier molecular flexibility index (Phi) is 6.35. The summed E-state index contributed by atoms with van der Waals surface area (Å²) in [7, 11) is 0. The summed E-state index contributed by atoms with van der Waals surface area (Å²) in [4.78, 5) is 31.1. The van der Waals surface area contributed by atoms with Crippen molar-refractivity contribution >= 4 is 23.1 Å². The molecule has 2 aromatic rings. The monoisotopic (exact) mass is 432 g/mol. The van der Waals surface area contributed by atoms with Crippen molar-refractivity contribution in [3.8, 4) is 5.75 Å². The number of benzene rings is 2. The fraction of sp³-hybridized carbons (Fsp3) is 0.407. The molecule has 1 fully saturated rings. The molecule has 2 heterocycles. The van der Waals surface area contributed by atoms with E-state index in [1.54, 1.807) is 6.07 Å². The number of para-hydroxylation sites is 2. The van der Waals surface area contributed by atoms with Crippen molar-refractivity contribution in [2.45, 2.75) is 47.0 Å². The molecule has 5 heteroatoms. The van der Waals surface area contributed by atoms with E-state index in [2.05, 4.69) is 18.7 Å². The molecule has 0 spiro atoms. The highest BCUT2D eigenvalue weighted by molar-refractivity contribution is 6.45. The van der Waals surface area contributed by atoms with Gasteiger partial charge in [0.1, 0.15) is 11.4 Å². The lowest BCUT2D eigenvalue weighted by atomic mass is 9.96. The summed E-state index contributed by atoms with van der Waals surface area (Å²) < 4.78 is 5.89. The molecule has 168 valence electrons. The third-order valence-electron chi connectivity index (χ3n) is 6.52. The van der Waals surface area contributed by atoms with Gasteiger partial charge < -0.3 is 9.64 Å². The van der Waals surface area contributed by atoms with Gasteiger partial charge in [0.15, 0.2) is 0 Å². The third kappa shape index (κ3) is 4.04. The van der Waals surface area contributed by atoms with Gasteiger partial charge in [0, 0.05) is 13.1 Å². The lowest BCUT2D eigenvalue weighted by Crippen LogP contribution is -2.38. The van der Waals surface area contributed by atoms with Crippen LogP contribution in [0.2, 0.25) is 0 Å². The minimum absolute atomic E-state index is 0.259. The van der Waals surface area contributed by atoms with Crippen molar-refractivity contribution in [2.75, 3.05) is 24.6 Å². The van der Waals surface area contributed by atoms with Crippen LogP contribution in [0.5, 0.6) is 5.75 Å². The molecule has 0 N–H and O–H groups in total. The fourth-order valence-corrected chi connectivity index (χ4v) is 4.40. The van der Waals surface area contributed by atoms with E-state index in [4.69, 9.17) is 4.74 Å². The Morgan fingerprint density at radius 1 is 0.969 bits per heavy atom. The molecular weight excluding hydrogens is 400 g/mol. The molecule has 5 nitrogen and oxygen atoms in total. The second kappa shape index (κ2) is 9.19. The zero-order valence-electron chi connectivity index (χ0n) is 19.5. The largest absolute Gasteiger partial charge is 0.491 e. The van der Waals surface area contributed by atoms with Crippen LogP contribution in [0.4, 0.5) is 5.69 Å². The zero-order valence-corrected chi connectivity index (χ0v) is 19.5. The van der Waals surface area contributed by atoms with Crippen LogP contribution in [0.1, 0.15) is 49.8 Å². The standard InChI is InChI=1S/C27H32N2O3/c1-5-16-32-23-9-7-6-8-22(23)29-26(30)24(21-11-10-19(3)20(4)17-21)25(27(29)31)28-14-12-18(2)13-15-28/h6-11,17-18H,5,12-16H2,1-4H3. The van der Waals surface area contributed by atoms with Gasteiger partial charge in [-0.3, -0.25) is 9.59 Å². The third-order valence-corrected chi connectivity index (χ3v) is 6.52. The Hall–Kier alpha value is -3.08. The second-order valence-electron chi connectivity index (χ2n) is 8.95. The van der Waals surface area contributed by atoms with Crippen molar-refractivity contribution in [2.24, 2.45) is 5.92 Å². The van der Waals surface area contributed by atoms with Gasteiger partial charge in [-0.2, -0.15) is 0 Å². The second-order valence-corrected chi connectivity index (χ2v) is 8.95. The summed E-state index contributed by atoms with van der Waals surface area (Å²) in [6.07, 6.45) is 2.88. The number of hydrogen-bond donors (Lipinski definition) is 0. The maximum Gasteiger partial charge on any atom is 0.282 e. The van der Waals surface area contributed by atoms with E-state index in [1.165, 1.54) is 4.90 Å². The average Bonchev–Trinajstić information content (AvgIpc) is 3.05. The molecule has 2 aliphatic rings. The van der Waals surface area contributed by atoms with Gasteiger partial charge in [0.25, 0.3) is 11.8 Å². The van der Waals surface area contributed by atoms with Crippen molar-refractivity contribution in [3.05, 3.63) is 64.9 Å². The molecule has 0 aliphatic carbocycles. The number of likely N-dealkylation sites (tertiary alicyclic amines) is 1. The molecule has 0 bridgehead atoms. The number of aryl methyl sites for hydroxylation is 2. The number of hydrogen-bond acceptors (Lipinski definition) is 4. The van der Waals surface area contributed by atoms with E-state index >= 15 is 0 Å². The molecule has 0 radical (unpaired) electrons. The number of piperidine rings is 1. The smallest absolute Gasteiger partial charge is 0.282 e. The number of ether oxygens (including phenoxy) is 1. The van der Waals surface area contributed by atoms with Crippen LogP contribution in [0, 0.1) is 19.8 Å². The van der Waals surface area contributed by atoms with Gasteiger partial charge in [0.05, 0.1) is 17.9 Å². The lowest BCUT2D eigenvalue weighted by Gasteiger charge is -2.32. The summed E-state index contributed by atoms with van der Waals surface area (Å²) in [5.41, 5.74) is 4.60. The maximum atomic E-state index is 13.8. The quantitative estimate of drug-likeness (QED) is 0.596. The van der Waals surface area contributed by atoms with Crippen molar-refractivity contribution < 1.29 is 14.3 Å². The van der Waals surface area contributed by atoms with Crippen LogP contribution in [0.3, 0.4) is 0 Å². The highest BCUT2D eigenvalue weighted by Gasteiger charge is 2.44. The van der Waals surface area contributed by atoms with Gasteiger partial charge in [-0.1, -0.05) is 44.2 Å². The van der Waals surface area contributed by atoms with E-state index in [0.29, 0.717) is 35.2 Å². The zero-order chi connectivity index (χ0) is 22.8. The Balaban J connectivity index is 1.81. The fourth-order valence-electron chi connectivity index (χ4n) is 4.40. The number of carbonyl (C=O) groups excluding carboxylic acids is 2. The normalized spacial score (nSPS) is 17.5. The Morgan fingerprint density at radius 3 is 2.38 bits per heavy atom. The van der Waals surface area contributed by atoms with Crippen LogP contribution in [0.15, 0.2) is 48.2 Å². The molecule has 2 amide bonds. The van der Waals surface area contributed by atoms with Gasteiger partial charge in [0.2, 0.25) is 0 Å². The molecular formula is C27H32N2O3. The van der Waals surface area contributed by atoms with E-state index in [0.717, 1.165) is 49.0 Å². The van der Waals surface area contributed by atoms with Gasteiger partial charge >= 0.3 is 0 Å². The van der Waals surface area contributed by atoms with Crippen LogP contribution in [0.25, 0.3) is 5.57 Å². The highest BCUT2D eigenvalue weighted by atomic mass is 16.5. The number of nitrogens with zero attached hydrogens (tertiary/aromatic N) is 2. The first-order valence-corrected chi connectivity index (χ1v) is 11.6. The molecule has 1 saturated heterocycles.